The molecule has 2 heteroatoms. The van der Waals surface area contributed by atoms with E-state index < -0.39 is 0 Å². The molecule has 0 fully saturated rings. The van der Waals surface area contributed by atoms with E-state index in [9.17, 15) is 0 Å². The molecule has 0 amide bonds. The van der Waals surface area contributed by atoms with Crippen LogP contribution < -0.4 is 9.80 Å². The Morgan fingerprint density at radius 1 is 0.385 bits per heavy atom. The zero-order valence-corrected chi connectivity index (χ0v) is 28.9. The molecule has 10 rings (SSSR count). The molecule has 1 aliphatic heterocycles. The first-order valence-electron chi connectivity index (χ1n) is 18.0. The van der Waals surface area contributed by atoms with E-state index >= 15 is 0 Å². The number of hydrogen-bond donors (Lipinski definition) is 0. The minimum absolute atomic E-state index is 0.270. The molecule has 2 nitrogen and oxygen atoms in total. The lowest BCUT2D eigenvalue weighted by Gasteiger charge is -2.42. The Morgan fingerprint density at radius 2 is 0.904 bits per heavy atom. The van der Waals surface area contributed by atoms with Crippen molar-refractivity contribution in [2.75, 3.05) is 9.80 Å². The highest BCUT2D eigenvalue weighted by molar-refractivity contribution is 5.98. The van der Waals surface area contributed by atoms with Gasteiger partial charge in [-0.15, -0.1) is 0 Å². The molecule has 0 radical (unpaired) electrons. The van der Waals surface area contributed by atoms with Crippen molar-refractivity contribution in [3.8, 4) is 33.4 Å². The van der Waals surface area contributed by atoms with Crippen molar-refractivity contribution in [3.63, 3.8) is 0 Å². The highest BCUT2D eigenvalue weighted by Crippen LogP contribution is 2.62. The van der Waals surface area contributed by atoms with Crippen LogP contribution in [-0.4, -0.2) is 0 Å². The predicted molar refractivity (Wildman–Crippen MR) is 218 cm³/mol. The SMILES string of the molecule is CC12c3ccccc3-c3cccc(c31)N(c1ccc(-c3ccc(N(c4ccccc4)c4ccccc4)cc3)cc1)c1ccc(-c3ccccc3)cc12. The minimum atomic E-state index is -0.270. The second kappa shape index (κ2) is 12.0. The van der Waals surface area contributed by atoms with Crippen molar-refractivity contribution in [1.82, 2.24) is 0 Å². The van der Waals surface area contributed by atoms with Crippen molar-refractivity contribution in [3.05, 3.63) is 217 Å². The monoisotopic (exact) mass is 664 g/mol. The maximum Gasteiger partial charge on any atom is 0.0512 e. The van der Waals surface area contributed by atoms with Crippen molar-refractivity contribution in [1.29, 1.82) is 0 Å². The van der Waals surface area contributed by atoms with Crippen LogP contribution in [0, 0.1) is 0 Å². The summed E-state index contributed by atoms with van der Waals surface area (Å²) in [4.78, 5) is 4.77. The smallest absolute Gasteiger partial charge is 0.0512 e. The average Bonchev–Trinajstić information content (AvgIpc) is 3.49. The van der Waals surface area contributed by atoms with E-state index in [0.29, 0.717) is 0 Å². The fourth-order valence-corrected chi connectivity index (χ4v) is 8.60. The van der Waals surface area contributed by atoms with Gasteiger partial charge in [-0.25, -0.2) is 0 Å². The molecule has 0 bridgehead atoms. The fraction of sp³-hybridized carbons (Fsp3) is 0.0400. The van der Waals surface area contributed by atoms with Crippen molar-refractivity contribution in [2.24, 2.45) is 0 Å². The number of para-hydroxylation sites is 2. The van der Waals surface area contributed by atoms with Crippen molar-refractivity contribution in [2.45, 2.75) is 12.3 Å². The first-order chi connectivity index (χ1) is 25.7. The molecule has 8 aromatic carbocycles. The topological polar surface area (TPSA) is 6.48 Å². The van der Waals surface area contributed by atoms with E-state index in [4.69, 9.17) is 0 Å². The first kappa shape index (κ1) is 30.2. The van der Waals surface area contributed by atoms with Crippen LogP contribution in [0.4, 0.5) is 34.1 Å². The molecule has 0 saturated heterocycles. The zero-order valence-electron chi connectivity index (χ0n) is 28.9. The molecule has 1 unspecified atom stereocenters. The maximum atomic E-state index is 2.47. The van der Waals surface area contributed by atoms with Crippen molar-refractivity contribution >= 4 is 34.1 Å². The van der Waals surface area contributed by atoms with Gasteiger partial charge in [0, 0.05) is 28.2 Å². The Kier molecular flexibility index (Phi) is 6.97. The Hall–Kier alpha value is -6.64. The largest absolute Gasteiger partial charge is 0.311 e. The third-order valence-corrected chi connectivity index (χ3v) is 11.0. The van der Waals surface area contributed by atoms with E-state index in [1.54, 1.807) is 0 Å². The van der Waals surface area contributed by atoms with E-state index in [2.05, 4.69) is 217 Å². The zero-order chi connectivity index (χ0) is 34.6. The van der Waals surface area contributed by atoms with E-state index in [0.717, 1.165) is 22.7 Å². The van der Waals surface area contributed by atoms with Crippen LogP contribution in [0.2, 0.25) is 0 Å². The summed E-state index contributed by atoms with van der Waals surface area (Å²) in [5, 5.41) is 0. The Balaban J connectivity index is 1.06. The summed E-state index contributed by atoms with van der Waals surface area (Å²) in [6, 6.07) is 72.7. The van der Waals surface area contributed by atoms with Gasteiger partial charge < -0.3 is 9.80 Å². The minimum Gasteiger partial charge on any atom is -0.311 e. The van der Waals surface area contributed by atoms with E-state index in [-0.39, 0.29) is 5.41 Å². The summed E-state index contributed by atoms with van der Waals surface area (Å²) in [7, 11) is 0. The molecule has 0 aromatic heterocycles. The van der Waals surface area contributed by atoms with Gasteiger partial charge in [0.1, 0.15) is 0 Å². The first-order valence-corrected chi connectivity index (χ1v) is 18.0. The third kappa shape index (κ3) is 4.65. The normalized spacial score (nSPS) is 15.1. The lowest BCUT2D eigenvalue weighted by Crippen LogP contribution is -2.32. The van der Waals surface area contributed by atoms with Crippen molar-refractivity contribution < 1.29 is 0 Å². The van der Waals surface area contributed by atoms with Gasteiger partial charge in [0.2, 0.25) is 0 Å². The molecular weight excluding hydrogens is 629 g/mol. The number of benzene rings is 8. The van der Waals surface area contributed by atoms with Crippen LogP contribution in [0.3, 0.4) is 0 Å². The maximum absolute atomic E-state index is 2.47. The predicted octanol–water partition coefficient (Wildman–Crippen LogP) is 13.6. The van der Waals surface area contributed by atoms with Gasteiger partial charge >= 0.3 is 0 Å². The van der Waals surface area contributed by atoms with Gasteiger partial charge in [-0.3, -0.25) is 0 Å². The average molecular weight is 665 g/mol. The second-order valence-corrected chi connectivity index (χ2v) is 13.9. The molecule has 0 spiro atoms. The summed E-state index contributed by atoms with van der Waals surface area (Å²) in [6.45, 7) is 2.43. The molecule has 1 heterocycles. The number of rotatable bonds is 6. The highest BCUT2D eigenvalue weighted by atomic mass is 15.2. The standard InChI is InChI=1S/C50H36N2/c1-50-45-22-12-11-20-43(45)44-21-13-23-48(49(44)50)52(47-33-28-38(34-46(47)50)35-14-5-2-6-15-35)42-31-26-37(27-32-42)36-24-29-41(30-25-36)51(39-16-7-3-8-17-39)40-18-9-4-10-19-40/h2-34H,1H3. The fourth-order valence-electron chi connectivity index (χ4n) is 8.60. The third-order valence-electron chi connectivity index (χ3n) is 11.0. The Labute approximate surface area is 305 Å². The molecule has 2 aliphatic rings. The molecule has 52 heavy (non-hydrogen) atoms. The van der Waals surface area contributed by atoms with E-state index in [1.165, 1.54) is 61.4 Å². The summed E-state index contributed by atoms with van der Waals surface area (Å²) in [6.07, 6.45) is 0. The van der Waals surface area contributed by atoms with Crippen LogP contribution in [-0.2, 0) is 5.41 Å². The summed E-state index contributed by atoms with van der Waals surface area (Å²) < 4.78 is 0. The lowest BCUT2D eigenvalue weighted by atomic mass is 9.70. The highest BCUT2D eigenvalue weighted by Gasteiger charge is 2.48. The van der Waals surface area contributed by atoms with Crippen LogP contribution in [0.15, 0.2) is 200 Å². The number of hydrogen-bond acceptors (Lipinski definition) is 2. The molecular formula is C50H36N2. The summed E-state index contributed by atoms with van der Waals surface area (Å²) in [5.41, 5.74) is 18.3. The van der Waals surface area contributed by atoms with Crippen LogP contribution in [0.25, 0.3) is 33.4 Å². The van der Waals surface area contributed by atoms with Crippen LogP contribution in [0.5, 0.6) is 0 Å². The molecule has 1 aliphatic carbocycles. The van der Waals surface area contributed by atoms with Crippen LogP contribution in [0.1, 0.15) is 23.6 Å². The van der Waals surface area contributed by atoms with Gasteiger partial charge in [0.15, 0.2) is 0 Å². The Bertz CT molecular complexity index is 2520. The summed E-state index contributed by atoms with van der Waals surface area (Å²) in [5.74, 6) is 0. The Morgan fingerprint density at radius 3 is 1.58 bits per heavy atom. The number of nitrogens with zero attached hydrogens (tertiary/aromatic N) is 2. The number of fused-ring (bicyclic) bond motifs is 5. The second-order valence-electron chi connectivity index (χ2n) is 13.9. The quantitative estimate of drug-likeness (QED) is 0.175. The molecule has 0 saturated carbocycles. The van der Waals surface area contributed by atoms with Gasteiger partial charge in [0.05, 0.1) is 11.4 Å². The van der Waals surface area contributed by atoms with Crippen LogP contribution >= 0.6 is 0 Å². The van der Waals surface area contributed by atoms with E-state index in [1.807, 2.05) is 0 Å². The molecule has 1 atom stereocenters. The molecule has 8 aromatic rings. The van der Waals surface area contributed by atoms with Gasteiger partial charge in [0.25, 0.3) is 0 Å². The molecule has 0 N–H and O–H groups in total. The molecule has 246 valence electrons. The summed E-state index contributed by atoms with van der Waals surface area (Å²) >= 11 is 0. The lowest BCUT2D eigenvalue weighted by molar-refractivity contribution is 0.702. The van der Waals surface area contributed by atoms with Gasteiger partial charge in [-0.1, -0.05) is 133 Å². The van der Waals surface area contributed by atoms with Gasteiger partial charge in [-0.05, 0) is 124 Å². The number of anilines is 6. The van der Waals surface area contributed by atoms with Gasteiger partial charge in [-0.2, -0.15) is 0 Å².